The quantitative estimate of drug-likeness (QED) is 0.794. The van der Waals surface area contributed by atoms with Crippen LogP contribution in [0.4, 0.5) is 0 Å². The average Bonchev–Trinajstić information content (AvgIpc) is 2.40. The molecule has 1 nitrogen and oxygen atoms in total. The minimum atomic E-state index is 0.277. The summed E-state index contributed by atoms with van der Waals surface area (Å²) in [6, 6.07) is 6.46. The van der Waals surface area contributed by atoms with Crippen LogP contribution in [0.3, 0.4) is 0 Å². The molecule has 1 atom stereocenters. The van der Waals surface area contributed by atoms with Crippen molar-refractivity contribution < 1.29 is 0 Å². The van der Waals surface area contributed by atoms with Crippen LogP contribution in [0.2, 0.25) is 5.02 Å². The lowest BCUT2D eigenvalue weighted by molar-refractivity contribution is -0.0464. The number of benzene rings is 1. The topological polar surface area (TPSA) is 26.0 Å². The Morgan fingerprint density at radius 3 is 2.29 bits per heavy atom. The van der Waals surface area contributed by atoms with E-state index in [1.165, 1.54) is 37.7 Å². The lowest BCUT2D eigenvalue weighted by atomic mass is 9.50. The highest BCUT2D eigenvalue weighted by Crippen LogP contribution is 2.57. The Morgan fingerprint density at radius 2 is 1.71 bits per heavy atom. The summed E-state index contributed by atoms with van der Waals surface area (Å²) < 4.78 is 1.04. The first-order chi connectivity index (χ1) is 10.1. The highest BCUT2D eigenvalue weighted by atomic mass is 79.9. The van der Waals surface area contributed by atoms with Gasteiger partial charge in [0.1, 0.15) is 0 Å². The van der Waals surface area contributed by atoms with Gasteiger partial charge in [0.05, 0.1) is 0 Å². The molecular weight excluding hydrogens is 346 g/mol. The van der Waals surface area contributed by atoms with Gasteiger partial charge in [0.25, 0.3) is 0 Å². The van der Waals surface area contributed by atoms with Crippen LogP contribution in [0.25, 0.3) is 0 Å². The Labute approximate surface area is 140 Å². The molecule has 4 aliphatic carbocycles. The number of hydrogen-bond donors (Lipinski definition) is 1. The third-order valence-electron chi connectivity index (χ3n) is 6.26. The third-order valence-corrected chi connectivity index (χ3v) is 7.11. The zero-order chi connectivity index (χ0) is 14.6. The van der Waals surface area contributed by atoms with Crippen molar-refractivity contribution in [3.63, 3.8) is 0 Å². The summed E-state index contributed by atoms with van der Waals surface area (Å²) in [5.41, 5.74) is 7.88. The molecule has 3 heteroatoms. The summed E-state index contributed by atoms with van der Waals surface area (Å²) >= 11 is 9.85. The number of nitrogens with two attached hydrogens (primary N) is 1. The van der Waals surface area contributed by atoms with E-state index in [2.05, 4.69) is 28.1 Å². The molecule has 0 spiro atoms. The van der Waals surface area contributed by atoms with E-state index in [4.69, 9.17) is 17.3 Å². The lowest BCUT2D eigenvalue weighted by Gasteiger charge is -2.56. The fraction of sp³-hybridized carbons (Fsp3) is 0.667. The van der Waals surface area contributed by atoms with Crippen LogP contribution >= 0.6 is 27.5 Å². The first kappa shape index (κ1) is 14.5. The van der Waals surface area contributed by atoms with Crippen LogP contribution in [-0.4, -0.2) is 6.04 Å². The Balaban J connectivity index is 1.51. The first-order valence-corrected chi connectivity index (χ1v) is 9.46. The third kappa shape index (κ3) is 2.68. The van der Waals surface area contributed by atoms with Gasteiger partial charge in [-0.25, -0.2) is 0 Å². The van der Waals surface area contributed by atoms with Crippen molar-refractivity contribution in [3.05, 3.63) is 33.3 Å². The fourth-order valence-electron chi connectivity index (χ4n) is 5.74. The van der Waals surface area contributed by atoms with Crippen molar-refractivity contribution in [2.24, 2.45) is 35.3 Å². The van der Waals surface area contributed by atoms with Gasteiger partial charge in [0.2, 0.25) is 0 Å². The molecule has 0 radical (unpaired) electrons. The lowest BCUT2D eigenvalue weighted by Crippen LogP contribution is -2.52. The predicted octanol–water partition coefficient (Wildman–Crippen LogP) is 5.04. The van der Waals surface area contributed by atoms with Gasteiger partial charge < -0.3 is 5.73 Å². The van der Waals surface area contributed by atoms with Crippen LogP contribution in [0, 0.1) is 29.6 Å². The van der Waals surface area contributed by atoms with Crippen molar-refractivity contribution in [1.29, 1.82) is 0 Å². The zero-order valence-corrected chi connectivity index (χ0v) is 14.6. The van der Waals surface area contributed by atoms with Gasteiger partial charge in [0.15, 0.2) is 0 Å². The summed E-state index contributed by atoms with van der Waals surface area (Å²) in [6.07, 6.45) is 8.21. The molecule has 0 aliphatic heterocycles. The predicted molar refractivity (Wildman–Crippen MR) is 91.4 cm³/mol. The maximum absolute atomic E-state index is 6.67. The zero-order valence-electron chi connectivity index (χ0n) is 12.3. The molecule has 21 heavy (non-hydrogen) atoms. The molecule has 4 saturated carbocycles. The van der Waals surface area contributed by atoms with E-state index < -0.39 is 0 Å². The van der Waals surface area contributed by atoms with Gasteiger partial charge in [0, 0.05) is 15.5 Å². The molecule has 4 bridgehead atoms. The number of halogens is 2. The Bertz CT molecular complexity index is 516. The minimum Gasteiger partial charge on any atom is -0.327 e. The molecular formula is C18H23BrClN. The van der Waals surface area contributed by atoms with E-state index in [1.807, 2.05) is 6.07 Å². The molecule has 0 saturated heterocycles. The second-order valence-electron chi connectivity index (χ2n) is 7.61. The molecule has 1 aromatic rings. The molecule has 0 heterocycles. The SMILES string of the molecule is NC(Cc1ccc(Br)cc1Cl)C1C2CC3CC(C2)CC1C3. The van der Waals surface area contributed by atoms with Gasteiger partial charge in [-0.15, -0.1) is 0 Å². The summed E-state index contributed by atoms with van der Waals surface area (Å²) in [5.74, 6) is 4.56. The van der Waals surface area contributed by atoms with E-state index in [0.717, 1.165) is 45.5 Å². The van der Waals surface area contributed by atoms with E-state index in [1.54, 1.807) is 0 Å². The van der Waals surface area contributed by atoms with E-state index >= 15 is 0 Å². The fourth-order valence-corrected chi connectivity index (χ4v) is 6.49. The average molecular weight is 369 g/mol. The van der Waals surface area contributed by atoms with Crippen molar-refractivity contribution in [3.8, 4) is 0 Å². The summed E-state index contributed by atoms with van der Waals surface area (Å²) in [7, 11) is 0. The van der Waals surface area contributed by atoms with Crippen LogP contribution < -0.4 is 5.73 Å². The first-order valence-electron chi connectivity index (χ1n) is 8.29. The maximum atomic E-state index is 6.67. The Kier molecular flexibility index (Phi) is 3.84. The molecule has 2 N–H and O–H groups in total. The molecule has 114 valence electrons. The van der Waals surface area contributed by atoms with Crippen molar-refractivity contribution in [2.75, 3.05) is 0 Å². The van der Waals surface area contributed by atoms with Gasteiger partial charge in [-0.3, -0.25) is 0 Å². The highest BCUT2D eigenvalue weighted by molar-refractivity contribution is 9.10. The van der Waals surface area contributed by atoms with Gasteiger partial charge in [-0.2, -0.15) is 0 Å². The van der Waals surface area contributed by atoms with Crippen LogP contribution in [0.5, 0.6) is 0 Å². The Morgan fingerprint density at radius 1 is 1.10 bits per heavy atom. The molecule has 5 rings (SSSR count). The number of rotatable bonds is 3. The summed E-state index contributed by atoms with van der Waals surface area (Å²) in [4.78, 5) is 0. The highest BCUT2D eigenvalue weighted by Gasteiger charge is 2.49. The van der Waals surface area contributed by atoms with Crippen molar-refractivity contribution in [1.82, 2.24) is 0 Å². The van der Waals surface area contributed by atoms with E-state index in [9.17, 15) is 0 Å². The molecule has 1 unspecified atom stereocenters. The van der Waals surface area contributed by atoms with E-state index in [-0.39, 0.29) is 6.04 Å². The van der Waals surface area contributed by atoms with Crippen molar-refractivity contribution in [2.45, 2.75) is 44.6 Å². The Hall–Kier alpha value is -0.0500. The standard InChI is InChI=1S/C18H23BrClN/c19-15-2-1-12(16(20)9-15)8-17(21)18-13-4-10-3-11(6-13)7-14(18)5-10/h1-2,9-11,13-14,17-18H,3-8,21H2. The summed E-state index contributed by atoms with van der Waals surface area (Å²) in [5, 5.41) is 0.851. The molecule has 4 fully saturated rings. The largest absolute Gasteiger partial charge is 0.327 e. The molecule has 0 amide bonds. The molecule has 0 aromatic heterocycles. The van der Waals surface area contributed by atoms with Gasteiger partial charge in [-0.05, 0) is 85.8 Å². The van der Waals surface area contributed by atoms with Gasteiger partial charge in [-0.1, -0.05) is 33.6 Å². The van der Waals surface area contributed by atoms with Crippen LogP contribution in [0.15, 0.2) is 22.7 Å². The van der Waals surface area contributed by atoms with Gasteiger partial charge >= 0.3 is 0 Å². The number of hydrogen-bond acceptors (Lipinski definition) is 1. The molecule has 4 aliphatic rings. The normalized spacial score (nSPS) is 38.7. The second-order valence-corrected chi connectivity index (χ2v) is 8.93. The van der Waals surface area contributed by atoms with Crippen LogP contribution in [0.1, 0.15) is 37.7 Å². The van der Waals surface area contributed by atoms with Crippen molar-refractivity contribution >= 4 is 27.5 Å². The summed E-state index contributed by atoms with van der Waals surface area (Å²) in [6.45, 7) is 0. The minimum absolute atomic E-state index is 0.277. The maximum Gasteiger partial charge on any atom is 0.0449 e. The van der Waals surface area contributed by atoms with Crippen LogP contribution in [-0.2, 0) is 6.42 Å². The van der Waals surface area contributed by atoms with E-state index in [0.29, 0.717) is 0 Å². The monoisotopic (exact) mass is 367 g/mol. The smallest absolute Gasteiger partial charge is 0.0449 e. The molecule has 1 aromatic carbocycles. The second kappa shape index (κ2) is 5.54.